The summed E-state index contributed by atoms with van der Waals surface area (Å²) in [6, 6.07) is 13.8. The maximum atomic E-state index is 12.8. The number of ether oxygens (including phenoxy) is 2. The van der Waals surface area contributed by atoms with Crippen LogP contribution in [0.25, 0.3) is 0 Å². The Morgan fingerprint density at radius 1 is 0.933 bits per heavy atom. The Bertz CT molecular complexity index is 1010. The van der Waals surface area contributed by atoms with E-state index in [-0.39, 0.29) is 17.7 Å². The van der Waals surface area contributed by atoms with E-state index in [0.29, 0.717) is 39.7 Å². The minimum atomic E-state index is -0.315. The van der Waals surface area contributed by atoms with Crippen molar-refractivity contribution < 1.29 is 19.1 Å². The van der Waals surface area contributed by atoms with Crippen LogP contribution in [0.2, 0.25) is 0 Å². The number of methoxy groups -OCH3 is 2. The molecule has 1 aliphatic rings. The van der Waals surface area contributed by atoms with E-state index in [0.717, 1.165) is 5.76 Å². The van der Waals surface area contributed by atoms with Crippen LogP contribution in [0.15, 0.2) is 71.0 Å². The van der Waals surface area contributed by atoms with Crippen LogP contribution >= 0.6 is 11.6 Å². The summed E-state index contributed by atoms with van der Waals surface area (Å²) in [6.07, 6.45) is 2.13. The van der Waals surface area contributed by atoms with E-state index in [4.69, 9.17) is 21.1 Å². The fourth-order valence-corrected chi connectivity index (χ4v) is 3.43. The Morgan fingerprint density at radius 2 is 1.53 bits per heavy atom. The van der Waals surface area contributed by atoms with Crippen LogP contribution in [0.5, 0.6) is 5.75 Å². The number of amides is 2. The highest BCUT2D eigenvalue weighted by Crippen LogP contribution is 2.32. The number of para-hydroxylation sites is 2. The molecular weight excluding hydrogens is 404 g/mol. The molecule has 7 heteroatoms. The Hall–Kier alpha value is -3.25. The number of allylic oxidation sites excluding steroid dienone is 3. The van der Waals surface area contributed by atoms with E-state index in [1.54, 1.807) is 68.8 Å². The molecule has 0 radical (unpaired) electrons. The van der Waals surface area contributed by atoms with Gasteiger partial charge in [-0.3, -0.25) is 9.59 Å². The zero-order valence-corrected chi connectivity index (χ0v) is 17.7. The molecule has 0 aliphatic heterocycles. The van der Waals surface area contributed by atoms with Gasteiger partial charge in [0.25, 0.3) is 11.8 Å². The second-order valence-corrected chi connectivity index (χ2v) is 7.27. The first kappa shape index (κ1) is 21.5. The van der Waals surface area contributed by atoms with Gasteiger partial charge in [-0.05, 0) is 48.9 Å². The van der Waals surface area contributed by atoms with Crippen LogP contribution in [-0.4, -0.2) is 26.0 Å². The summed E-state index contributed by atoms with van der Waals surface area (Å²) in [4.78, 5) is 25.4. The molecule has 156 valence electrons. The van der Waals surface area contributed by atoms with Crippen molar-refractivity contribution in [3.63, 3.8) is 0 Å². The SMILES string of the molecule is COC1=CC(Cl)=C(C(=O)Nc2ccccc2NC(=O)c2ccc(OC)cc2)CC1C. The van der Waals surface area contributed by atoms with Crippen LogP contribution in [0.4, 0.5) is 11.4 Å². The quantitative estimate of drug-likeness (QED) is 0.685. The monoisotopic (exact) mass is 426 g/mol. The van der Waals surface area contributed by atoms with Gasteiger partial charge in [-0.2, -0.15) is 0 Å². The lowest BCUT2D eigenvalue weighted by Gasteiger charge is -2.22. The molecule has 2 amide bonds. The molecule has 6 nitrogen and oxygen atoms in total. The zero-order valence-electron chi connectivity index (χ0n) is 17.0. The summed E-state index contributed by atoms with van der Waals surface area (Å²) in [5.41, 5.74) is 1.91. The molecule has 3 rings (SSSR count). The van der Waals surface area contributed by atoms with E-state index in [1.807, 2.05) is 6.92 Å². The average molecular weight is 427 g/mol. The van der Waals surface area contributed by atoms with Crippen molar-refractivity contribution in [2.24, 2.45) is 5.92 Å². The summed E-state index contributed by atoms with van der Waals surface area (Å²) in [7, 11) is 3.15. The van der Waals surface area contributed by atoms with Crippen LogP contribution in [-0.2, 0) is 9.53 Å². The number of halogens is 1. The van der Waals surface area contributed by atoms with Gasteiger partial charge in [0, 0.05) is 17.1 Å². The Kier molecular flexibility index (Phi) is 6.79. The number of nitrogens with one attached hydrogen (secondary N) is 2. The van der Waals surface area contributed by atoms with E-state index >= 15 is 0 Å². The van der Waals surface area contributed by atoms with Crippen molar-refractivity contribution in [3.05, 3.63) is 76.5 Å². The standard InChI is InChI=1S/C23H23ClN2O4/c1-14-12-17(18(24)13-21(14)30-3)23(28)26-20-7-5-4-6-19(20)25-22(27)15-8-10-16(29-2)11-9-15/h4-11,13-14H,12H2,1-3H3,(H,25,27)(H,26,28). The van der Waals surface area contributed by atoms with Crippen molar-refractivity contribution in [1.82, 2.24) is 0 Å². The molecule has 2 aromatic carbocycles. The number of benzene rings is 2. The fraction of sp³-hybridized carbons (Fsp3) is 0.217. The molecule has 2 aromatic rings. The van der Waals surface area contributed by atoms with Crippen molar-refractivity contribution in [3.8, 4) is 5.75 Å². The first-order valence-corrected chi connectivity index (χ1v) is 9.80. The number of hydrogen-bond acceptors (Lipinski definition) is 4. The predicted octanol–water partition coefficient (Wildman–Crippen LogP) is 4.95. The number of anilines is 2. The highest BCUT2D eigenvalue weighted by Gasteiger charge is 2.25. The van der Waals surface area contributed by atoms with E-state index in [1.165, 1.54) is 0 Å². The molecule has 30 heavy (non-hydrogen) atoms. The van der Waals surface area contributed by atoms with Crippen molar-refractivity contribution in [2.45, 2.75) is 13.3 Å². The molecule has 1 unspecified atom stereocenters. The maximum absolute atomic E-state index is 12.8. The van der Waals surface area contributed by atoms with Crippen LogP contribution in [0, 0.1) is 5.92 Å². The molecule has 0 saturated carbocycles. The first-order chi connectivity index (χ1) is 14.4. The van der Waals surface area contributed by atoms with Crippen LogP contribution in [0.1, 0.15) is 23.7 Å². The van der Waals surface area contributed by atoms with Crippen LogP contribution in [0.3, 0.4) is 0 Å². The minimum Gasteiger partial charge on any atom is -0.501 e. The summed E-state index contributed by atoms with van der Waals surface area (Å²) < 4.78 is 10.4. The Morgan fingerprint density at radius 3 is 2.10 bits per heavy atom. The van der Waals surface area contributed by atoms with Crippen molar-refractivity contribution in [1.29, 1.82) is 0 Å². The highest BCUT2D eigenvalue weighted by molar-refractivity contribution is 6.34. The van der Waals surface area contributed by atoms with Crippen molar-refractivity contribution >= 4 is 34.8 Å². The first-order valence-electron chi connectivity index (χ1n) is 9.43. The van der Waals surface area contributed by atoms with Gasteiger partial charge in [-0.15, -0.1) is 0 Å². The summed E-state index contributed by atoms with van der Waals surface area (Å²) in [5.74, 6) is 0.837. The third-order valence-corrected chi connectivity index (χ3v) is 5.18. The highest BCUT2D eigenvalue weighted by atomic mass is 35.5. The van der Waals surface area contributed by atoms with Crippen molar-refractivity contribution in [2.75, 3.05) is 24.9 Å². The molecule has 2 N–H and O–H groups in total. The number of hydrogen-bond donors (Lipinski definition) is 2. The molecule has 0 fully saturated rings. The summed E-state index contributed by atoms with van der Waals surface area (Å²) in [6.45, 7) is 1.97. The van der Waals surface area contributed by atoms with E-state index in [9.17, 15) is 9.59 Å². The predicted molar refractivity (Wildman–Crippen MR) is 118 cm³/mol. The van der Waals surface area contributed by atoms with Gasteiger partial charge in [-0.1, -0.05) is 30.7 Å². The van der Waals surface area contributed by atoms with Gasteiger partial charge in [0.15, 0.2) is 0 Å². The van der Waals surface area contributed by atoms with Gasteiger partial charge in [-0.25, -0.2) is 0 Å². The van der Waals surface area contributed by atoms with E-state index < -0.39 is 0 Å². The van der Waals surface area contributed by atoms with Gasteiger partial charge < -0.3 is 20.1 Å². The third-order valence-electron chi connectivity index (χ3n) is 4.84. The third kappa shape index (κ3) is 4.83. The second-order valence-electron chi connectivity index (χ2n) is 6.86. The number of carbonyl (C=O) groups is 2. The summed E-state index contributed by atoms with van der Waals surface area (Å²) in [5, 5.41) is 6.04. The maximum Gasteiger partial charge on any atom is 0.255 e. The lowest BCUT2D eigenvalue weighted by atomic mass is 9.93. The van der Waals surface area contributed by atoms with Gasteiger partial charge in [0.05, 0.1) is 30.6 Å². The van der Waals surface area contributed by atoms with Gasteiger partial charge >= 0.3 is 0 Å². The van der Waals surface area contributed by atoms with Gasteiger partial charge in [0.1, 0.15) is 11.5 Å². The Balaban J connectivity index is 1.77. The number of carbonyl (C=O) groups excluding carboxylic acids is 2. The molecule has 1 aliphatic carbocycles. The van der Waals surface area contributed by atoms with Gasteiger partial charge in [0.2, 0.25) is 0 Å². The molecular formula is C23H23ClN2O4. The normalized spacial score (nSPS) is 15.9. The molecule has 0 aromatic heterocycles. The molecule has 0 spiro atoms. The van der Waals surface area contributed by atoms with Crippen LogP contribution < -0.4 is 15.4 Å². The smallest absolute Gasteiger partial charge is 0.255 e. The topological polar surface area (TPSA) is 76.7 Å². The van der Waals surface area contributed by atoms with E-state index in [2.05, 4.69) is 10.6 Å². The average Bonchev–Trinajstić information content (AvgIpc) is 2.76. The zero-order chi connectivity index (χ0) is 21.7. The lowest BCUT2D eigenvalue weighted by Crippen LogP contribution is -2.21. The Labute approximate surface area is 180 Å². The second kappa shape index (κ2) is 9.50. The summed E-state index contributed by atoms with van der Waals surface area (Å²) >= 11 is 6.29. The number of rotatable bonds is 6. The lowest BCUT2D eigenvalue weighted by molar-refractivity contribution is -0.113. The molecule has 0 heterocycles. The largest absolute Gasteiger partial charge is 0.501 e. The molecule has 1 atom stereocenters. The molecule has 0 bridgehead atoms. The minimum absolute atomic E-state index is 0.0447. The molecule has 0 saturated heterocycles. The fourth-order valence-electron chi connectivity index (χ4n) is 3.16.